The smallest absolute Gasteiger partial charge is 0.0582 e. The van der Waals surface area contributed by atoms with Gasteiger partial charge in [-0.25, -0.2) is 0 Å². The van der Waals surface area contributed by atoms with E-state index >= 15 is 0 Å². The van der Waals surface area contributed by atoms with E-state index in [1.54, 1.807) is 0 Å². The Bertz CT molecular complexity index is 3230. The van der Waals surface area contributed by atoms with Crippen LogP contribution in [0, 0.1) is 0 Å². The monoisotopic (exact) mass is 762 g/mol. The van der Waals surface area contributed by atoms with Gasteiger partial charge in [0.05, 0.1) is 22.1 Å². The van der Waals surface area contributed by atoms with Gasteiger partial charge in [-0.1, -0.05) is 76.8 Å². The van der Waals surface area contributed by atoms with Crippen molar-refractivity contribution in [3.63, 3.8) is 0 Å². The first-order valence-corrected chi connectivity index (χ1v) is 21.0. The Hall–Kier alpha value is -6.78. The number of aromatic nitrogens is 4. The number of allylic oxidation sites excluding steroid dienone is 5. The van der Waals surface area contributed by atoms with Crippen LogP contribution >= 0.6 is 0 Å². The topological polar surface area (TPSA) is 35.6 Å². The predicted octanol–water partition coefficient (Wildman–Crippen LogP) is 14.7. The highest BCUT2D eigenvalue weighted by molar-refractivity contribution is 6.18. The molecule has 4 unspecified atom stereocenters. The van der Waals surface area contributed by atoms with Crippen LogP contribution in [0.5, 0.6) is 0 Å². The molecular weight excluding hydrogens is 717 g/mol. The molecular formula is C55H46N4. The molecule has 9 aromatic rings. The van der Waals surface area contributed by atoms with Crippen LogP contribution in [0.2, 0.25) is 0 Å². The zero-order chi connectivity index (χ0) is 40.1. The van der Waals surface area contributed by atoms with Crippen LogP contribution in [-0.2, 0) is 0 Å². The number of fused-ring (bicyclic) bond motifs is 8. The maximum atomic E-state index is 4.31. The molecule has 4 nitrogen and oxygen atoms in total. The Balaban J connectivity index is 1.31. The van der Waals surface area contributed by atoms with Crippen molar-refractivity contribution in [1.29, 1.82) is 0 Å². The van der Waals surface area contributed by atoms with Gasteiger partial charge in [0, 0.05) is 57.7 Å². The van der Waals surface area contributed by atoms with E-state index in [0.29, 0.717) is 0 Å². The van der Waals surface area contributed by atoms with Crippen LogP contribution in [0.15, 0.2) is 159 Å². The predicted molar refractivity (Wildman–Crippen MR) is 249 cm³/mol. The molecule has 5 aromatic carbocycles. The summed E-state index contributed by atoms with van der Waals surface area (Å²) >= 11 is 0. The first kappa shape index (κ1) is 35.4. The van der Waals surface area contributed by atoms with Crippen LogP contribution in [-0.4, -0.2) is 19.1 Å². The SMILES string of the molecule is C=C/C=C(\C=C/C)n1c2ccc(-c3ccncc3)cc2c2cc3c4c(c21)C(C)C(C)c1cc2c5cc(-c6ccncc6)ccc5n(-c5ccccc5)c2c(c1-4)C(C)C3C. The average molecular weight is 763 g/mol. The van der Waals surface area contributed by atoms with E-state index in [1.807, 2.05) is 30.9 Å². The van der Waals surface area contributed by atoms with Gasteiger partial charge >= 0.3 is 0 Å². The van der Waals surface area contributed by atoms with Crippen LogP contribution < -0.4 is 0 Å². The fourth-order valence-electron chi connectivity index (χ4n) is 10.7. The Morgan fingerprint density at radius 1 is 0.559 bits per heavy atom. The highest BCUT2D eigenvalue weighted by atomic mass is 15.0. The lowest BCUT2D eigenvalue weighted by atomic mass is 9.62. The summed E-state index contributed by atoms with van der Waals surface area (Å²) in [5.41, 5.74) is 20.9. The van der Waals surface area contributed by atoms with Gasteiger partial charge in [-0.15, -0.1) is 0 Å². The van der Waals surface area contributed by atoms with Crippen molar-refractivity contribution in [2.75, 3.05) is 0 Å². The van der Waals surface area contributed by atoms with Crippen molar-refractivity contribution in [3.05, 3.63) is 181 Å². The third-order valence-electron chi connectivity index (χ3n) is 13.8. The molecule has 4 aromatic heterocycles. The molecule has 59 heavy (non-hydrogen) atoms. The van der Waals surface area contributed by atoms with Crippen LogP contribution in [0.1, 0.15) is 80.5 Å². The molecule has 286 valence electrons. The number of hydrogen-bond donors (Lipinski definition) is 0. The first-order chi connectivity index (χ1) is 28.9. The van der Waals surface area contributed by atoms with E-state index in [9.17, 15) is 0 Å². The molecule has 4 heteroatoms. The largest absolute Gasteiger partial charge is 0.309 e. The molecule has 0 saturated carbocycles. The first-order valence-electron chi connectivity index (χ1n) is 21.0. The Morgan fingerprint density at radius 3 is 1.64 bits per heavy atom. The summed E-state index contributed by atoms with van der Waals surface area (Å²) in [7, 11) is 0. The lowest BCUT2D eigenvalue weighted by Gasteiger charge is -2.42. The third-order valence-corrected chi connectivity index (χ3v) is 13.8. The van der Waals surface area contributed by atoms with Gasteiger partial charge < -0.3 is 9.13 Å². The zero-order valence-electron chi connectivity index (χ0n) is 34.2. The number of hydrogen-bond acceptors (Lipinski definition) is 2. The molecule has 0 N–H and O–H groups in total. The maximum Gasteiger partial charge on any atom is 0.0582 e. The van der Waals surface area contributed by atoms with Gasteiger partial charge in [-0.05, 0) is 171 Å². The standard InChI is InChI=1S/C55H46N4/c1-7-12-40(13-8-2)58-48-18-16-38(36-20-24-56-25-21-36)28-44(48)46-30-42-33(4)35(6)51-53-43(32(3)34(5)50(52(42)53)54(46)58)31-47-45-29-39(37-22-26-57-27-23-37)17-19-49(45)59(55(47)51)41-14-10-9-11-15-41/h7-35H,1H2,2-6H3/b13-8-,40-12+. The van der Waals surface area contributed by atoms with E-state index in [1.165, 1.54) is 105 Å². The summed E-state index contributed by atoms with van der Waals surface area (Å²) in [6.45, 7) is 16.2. The Kier molecular flexibility index (Phi) is 8.03. The van der Waals surface area contributed by atoms with Crippen molar-refractivity contribution in [2.24, 2.45) is 0 Å². The molecule has 2 aliphatic rings. The van der Waals surface area contributed by atoms with Gasteiger partial charge in [0.25, 0.3) is 0 Å². The maximum absolute atomic E-state index is 4.31. The summed E-state index contributed by atoms with van der Waals surface area (Å²) < 4.78 is 5.08. The van der Waals surface area contributed by atoms with Gasteiger partial charge in [0.2, 0.25) is 0 Å². The molecule has 0 fully saturated rings. The van der Waals surface area contributed by atoms with Crippen molar-refractivity contribution < 1.29 is 0 Å². The number of pyridine rings is 2. The van der Waals surface area contributed by atoms with E-state index < -0.39 is 0 Å². The van der Waals surface area contributed by atoms with Gasteiger partial charge in [-0.3, -0.25) is 9.97 Å². The quantitative estimate of drug-likeness (QED) is 0.158. The molecule has 4 heterocycles. The minimum atomic E-state index is 0.263. The van der Waals surface area contributed by atoms with Crippen molar-refractivity contribution in [3.8, 4) is 39.1 Å². The molecule has 0 aliphatic heterocycles. The number of rotatable bonds is 6. The van der Waals surface area contributed by atoms with Gasteiger partial charge in [0.15, 0.2) is 0 Å². The van der Waals surface area contributed by atoms with Gasteiger partial charge in [-0.2, -0.15) is 0 Å². The summed E-state index contributed by atoms with van der Waals surface area (Å²) in [5, 5.41) is 5.22. The van der Waals surface area contributed by atoms with Crippen LogP contribution in [0.3, 0.4) is 0 Å². The summed E-state index contributed by atoms with van der Waals surface area (Å²) in [6.07, 6.45) is 16.0. The second kappa shape index (κ2) is 13.4. The molecule has 11 rings (SSSR count). The van der Waals surface area contributed by atoms with Crippen molar-refractivity contribution >= 4 is 49.3 Å². The Morgan fingerprint density at radius 2 is 1.08 bits per heavy atom. The second-order valence-corrected chi connectivity index (χ2v) is 16.7. The molecule has 4 atom stereocenters. The number of nitrogens with zero attached hydrogens (tertiary/aromatic N) is 4. The molecule has 0 amide bonds. The van der Waals surface area contributed by atoms with Crippen LogP contribution in [0.4, 0.5) is 0 Å². The minimum absolute atomic E-state index is 0.263. The van der Waals surface area contributed by atoms with Crippen molar-refractivity contribution in [2.45, 2.75) is 58.3 Å². The normalized spacial score (nSPS) is 18.7. The highest BCUT2D eigenvalue weighted by Crippen LogP contribution is 2.61. The fourth-order valence-corrected chi connectivity index (χ4v) is 10.7. The third kappa shape index (κ3) is 5.02. The average Bonchev–Trinajstić information content (AvgIpc) is 3.78. The summed E-state index contributed by atoms with van der Waals surface area (Å²) in [4.78, 5) is 8.63. The second-order valence-electron chi connectivity index (χ2n) is 16.7. The molecule has 0 radical (unpaired) electrons. The highest BCUT2D eigenvalue weighted by Gasteiger charge is 2.42. The minimum Gasteiger partial charge on any atom is -0.309 e. The molecule has 2 aliphatic carbocycles. The van der Waals surface area contributed by atoms with Crippen LogP contribution in [0.25, 0.3) is 88.4 Å². The van der Waals surface area contributed by atoms with Crippen molar-refractivity contribution in [1.82, 2.24) is 19.1 Å². The van der Waals surface area contributed by atoms with E-state index in [-0.39, 0.29) is 23.7 Å². The number of benzene rings is 5. The summed E-state index contributed by atoms with van der Waals surface area (Å²) in [6, 6.07) is 38.6. The molecule has 0 spiro atoms. The lowest BCUT2D eigenvalue weighted by Crippen LogP contribution is -2.24. The lowest BCUT2D eigenvalue weighted by molar-refractivity contribution is 0.585. The molecule has 0 saturated heterocycles. The summed E-state index contributed by atoms with van der Waals surface area (Å²) in [5.74, 6) is 1.11. The zero-order valence-corrected chi connectivity index (χ0v) is 34.2. The van der Waals surface area contributed by atoms with Gasteiger partial charge in [0.1, 0.15) is 0 Å². The van der Waals surface area contributed by atoms with E-state index in [4.69, 9.17) is 0 Å². The Labute approximate surface area is 345 Å². The number of para-hydroxylation sites is 1. The van der Waals surface area contributed by atoms with E-state index in [2.05, 4.69) is 182 Å². The fraction of sp³-hybridized carbons (Fsp3) is 0.164. The molecule has 0 bridgehead atoms. The van der Waals surface area contributed by atoms with E-state index in [0.717, 1.165) is 5.70 Å².